The van der Waals surface area contributed by atoms with E-state index in [4.69, 9.17) is 4.74 Å². The number of imidazole rings is 1. The molecule has 4 rings (SSSR count). The molecule has 1 aliphatic heterocycles. The summed E-state index contributed by atoms with van der Waals surface area (Å²) in [5.41, 5.74) is 3.31. The van der Waals surface area contributed by atoms with Crippen molar-refractivity contribution in [3.63, 3.8) is 0 Å². The average molecular weight is 411 g/mol. The van der Waals surface area contributed by atoms with Crippen LogP contribution in [0, 0.1) is 6.92 Å². The number of hydrogen-bond acceptors (Lipinski definition) is 5. The summed E-state index contributed by atoms with van der Waals surface area (Å²) in [6.07, 6.45) is 0. The third-order valence-corrected chi connectivity index (χ3v) is 6.51. The van der Waals surface area contributed by atoms with E-state index < -0.39 is 9.84 Å². The van der Waals surface area contributed by atoms with Gasteiger partial charge in [0.15, 0.2) is 0 Å². The van der Waals surface area contributed by atoms with Gasteiger partial charge in [0.05, 0.1) is 12.9 Å². The molecule has 0 aliphatic carbocycles. The van der Waals surface area contributed by atoms with Gasteiger partial charge in [-0.1, -0.05) is 42.0 Å². The second-order valence-electron chi connectivity index (χ2n) is 6.96. The van der Waals surface area contributed by atoms with Crippen molar-refractivity contribution in [3.05, 3.63) is 65.4 Å². The molecule has 0 spiro atoms. The van der Waals surface area contributed by atoms with Crippen LogP contribution < -0.4 is 10.1 Å². The zero-order chi connectivity index (χ0) is 20.6. The van der Waals surface area contributed by atoms with Gasteiger partial charge >= 0.3 is 0 Å². The molecule has 2 aromatic carbocycles. The number of methoxy groups -OCH3 is 1. The summed E-state index contributed by atoms with van der Waals surface area (Å²) in [5.74, 6) is 0.190. The smallest absolute Gasteiger partial charge is 0.270 e. The lowest BCUT2D eigenvalue weighted by Crippen LogP contribution is -2.26. The van der Waals surface area contributed by atoms with Crippen LogP contribution in [0.1, 0.15) is 21.6 Å². The number of carbonyl (C=O) groups is 1. The number of aryl methyl sites for hydroxylation is 1. The maximum atomic E-state index is 13.1. The van der Waals surface area contributed by atoms with E-state index in [-0.39, 0.29) is 29.1 Å². The van der Waals surface area contributed by atoms with Crippen molar-refractivity contribution in [2.75, 3.05) is 12.9 Å². The van der Waals surface area contributed by atoms with Gasteiger partial charge in [0.2, 0.25) is 15.0 Å². The fraction of sp³-hybridized carbons (Fsp3) is 0.238. The number of nitrogens with zero attached hydrogens (tertiary/aromatic N) is 2. The third-order valence-electron chi connectivity index (χ3n) is 4.93. The zero-order valence-corrected chi connectivity index (χ0v) is 17.0. The number of rotatable bonds is 5. The maximum absolute atomic E-state index is 13.1. The van der Waals surface area contributed by atoms with Crippen LogP contribution in [-0.4, -0.2) is 36.7 Å². The quantitative estimate of drug-likeness (QED) is 0.697. The van der Waals surface area contributed by atoms with Gasteiger partial charge in [-0.15, -0.1) is 0 Å². The Hall–Kier alpha value is -3.13. The highest BCUT2D eigenvalue weighted by Gasteiger charge is 2.35. The highest BCUT2D eigenvalue weighted by Crippen LogP contribution is 2.31. The number of fused-ring (bicyclic) bond motifs is 1. The normalized spacial score (nSPS) is 14.4. The van der Waals surface area contributed by atoms with Crippen LogP contribution in [0.3, 0.4) is 0 Å². The second-order valence-corrected chi connectivity index (χ2v) is 8.97. The van der Waals surface area contributed by atoms with Crippen molar-refractivity contribution in [2.45, 2.75) is 25.2 Å². The zero-order valence-electron chi connectivity index (χ0n) is 16.2. The number of carbonyl (C=O) groups excluding carboxylic acids is 1. The van der Waals surface area contributed by atoms with E-state index in [2.05, 4.69) is 10.3 Å². The van der Waals surface area contributed by atoms with E-state index in [0.717, 1.165) is 11.1 Å². The van der Waals surface area contributed by atoms with E-state index in [1.54, 1.807) is 31.4 Å². The molecule has 1 amide bonds. The Balaban J connectivity index is 1.73. The average Bonchev–Trinajstić information content (AvgIpc) is 3.25. The highest BCUT2D eigenvalue weighted by molar-refractivity contribution is 7.91. The van der Waals surface area contributed by atoms with Crippen molar-refractivity contribution in [2.24, 2.45) is 0 Å². The van der Waals surface area contributed by atoms with Gasteiger partial charge < -0.3 is 14.6 Å². The summed E-state index contributed by atoms with van der Waals surface area (Å²) in [4.78, 5) is 17.4. The lowest BCUT2D eigenvalue weighted by molar-refractivity contribution is 0.0942. The van der Waals surface area contributed by atoms with Crippen LogP contribution in [0.2, 0.25) is 0 Å². The first-order valence-corrected chi connectivity index (χ1v) is 10.9. The van der Waals surface area contributed by atoms with Crippen LogP contribution in [0.25, 0.3) is 11.3 Å². The van der Waals surface area contributed by atoms with E-state index in [1.165, 1.54) is 4.57 Å². The Morgan fingerprint density at radius 2 is 1.97 bits per heavy atom. The van der Waals surface area contributed by atoms with Crippen molar-refractivity contribution in [3.8, 4) is 17.0 Å². The minimum atomic E-state index is -3.50. The van der Waals surface area contributed by atoms with Gasteiger partial charge in [0, 0.05) is 18.7 Å². The van der Waals surface area contributed by atoms with Crippen LogP contribution in [-0.2, 0) is 22.9 Å². The molecule has 7 nitrogen and oxygen atoms in total. The van der Waals surface area contributed by atoms with Crippen LogP contribution in [0.5, 0.6) is 5.75 Å². The third kappa shape index (κ3) is 3.63. The molecule has 29 heavy (non-hydrogen) atoms. The summed E-state index contributed by atoms with van der Waals surface area (Å²) in [5, 5.41) is 2.83. The molecule has 0 radical (unpaired) electrons. The first kappa shape index (κ1) is 19.2. The minimum absolute atomic E-state index is 0.0496. The molecule has 1 N–H and O–H groups in total. The predicted octanol–water partition coefficient (Wildman–Crippen LogP) is 2.58. The lowest BCUT2D eigenvalue weighted by atomic mass is 10.1. The van der Waals surface area contributed by atoms with Crippen LogP contribution >= 0.6 is 0 Å². The van der Waals surface area contributed by atoms with Crippen molar-refractivity contribution < 1.29 is 17.9 Å². The summed E-state index contributed by atoms with van der Waals surface area (Å²) < 4.78 is 31.5. The van der Waals surface area contributed by atoms with Crippen molar-refractivity contribution in [1.82, 2.24) is 14.9 Å². The fourth-order valence-electron chi connectivity index (χ4n) is 3.35. The number of amides is 1. The summed E-state index contributed by atoms with van der Waals surface area (Å²) in [6.45, 7) is 2.55. The summed E-state index contributed by atoms with van der Waals surface area (Å²) >= 11 is 0. The van der Waals surface area contributed by atoms with E-state index in [0.29, 0.717) is 23.6 Å². The standard InChI is InChI=1S/C21H21N3O4S/c1-14-6-8-15(9-7-14)13-22-20(25)19-18(16-4-3-5-17(12-16)28-2)23-21-24(19)10-11-29(21,26)27/h3-9,12H,10-11,13H2,1-2H3,(H,22,25). The Morgan fingerprint density at radius 1 is 1.21 bits per heavy atom. The molecular formula is C21H21N3O4S. The van der Waals surface area contributed by atoms with Gasteiger partial charge in [0.1, 0.15) is 17.1 Å². The second kappa shape index (κ2) is 7.36. The summed E-state index contributed by atoms with van der Waals surface area (Å²) in [7, 11) is -1.95. The molecule has 0 saturated carbocycles. The van der Waals surface area contributed by atoms with Gasteiger partial charge in [-0.05, 0) is 24.6 Å². The number of hydrogen-bond donors (Lipinski definition) is 1. The van der Waals surface area contributed by atoms with Gasteiger partial charge in [0.25, 0.3) is 5.91 Å². The SMILES string of the molecule is COc1cccc(-c2nc3n(c2C(=O)NCc2ccc(C)cc2)CCS3(=O)=O)c1. The molecule has 150 valence electrons. The molecule has 0 bridgehead atoms. The highest BCUT2D eigenvalue weighted by atomic mass is 32.2. The molecular weight excluding hydrogens is 390 g/mol. The molecule has 1 aliphatic rings. The monoisotopic (exact) mass is 411 g/mol. The molecule has 0 atom stereocenters. The Bertz CT molecular complexity index is 1180. The number of nitrogens with one attached hydrogen (secondary N) is 1. The predicted molar refractivity (Wildman–Crippen MR) is 109 cm³/mol. The van der Waals surface area contributed by atoms with E-state index in [1.807, 2.05) is 31.2 Å². The molecule has 0 unspecified atom stereocenters. The molecule has 2 heterocycles. The maximum Gasteiger partial charge on any atom is 0.270 e. The minimum Gasteiger partial charge on any atom is -0.497 e. The number of aromatic nitrogens is 2. The summed E-state index contributed by atoms with van der Waals surface area (Å²) in [6, 6.07) is 14.9. The number of ether oxygens (including phenoxy) is 1. The molecule has 1 aromatic heterocycles. The fourth-order valence-corrected chi connectivity index (χ4v) is 4.71. The number of benzene rings is 2. The van der Waals surface area contributed by atoms with Crippen molar-refractivity contribution in [1.29, 1.82) is 0 Å². The van der Waals surface area contributed by atoms with Crippen LogP contribution in [0.15, 0.2) is 53.7 Å². The number of sulfone groups is 1. The topological polar surface area (TPSA) is 90.3 Å². The van der Waals surface area contributed by atoms with E-state index >= 15 is 0 Å². The lowest BCUT2D eigenvalue weighted by Gasteiger charge is -2.10. The Kier molecular flexibility index (Phi) is 4.87. The van der Waals surface area contributed by atoms with Crippen molar-refractivity contribution >= 4 is 15.7 Å². The van der Waals surface area contributed by atoms with E-state index in [9.17, 15) is 13.2 Å². The first-order chi connectivity index (χ1) is 13.9. The van der Waals surface area contributed by atoms with Gasteiger partial charge in [-0.3, -0.25) is 4.79 Å². The Morgan fingerprint density at radius 3 is 2.69 bits per heavy atom. The molecule has 0 saturated heterocycles. The van der Waals surface area contributed by atoms with Crippen LogP contribution in [0.4, 0.5) is 0 Å². The van der Waals surface area contributed by atoms with Gasteiger partial charge in [-0.2, -0.15) is 0 Å². The Labute approximate surface area is 169 Å². The largest absolute Gasteiger partial charge is 0.497 e. The molecule has 0 fully saturated rings. The molecule has 8 heteroatoms. The van der Waals surface area contributed by atoms with Gasteiger partial charge in [-0.25, -0.2) is 13.4 Å². The molecule has 3 aromatic rings. The first-order valence-electron chi connectivity index (χ1n) is 9.20.